The fourth-order valence-corrected chi connectivity index (χ4v) is 2.70. The lowest BCUT2D eigenvalue weighted by Gasteiger charge is -2.26. The molecule has 0 unspecified atom stereocenters. The van der Waals surface area contributed by atoms with Gasteiger partial charge in [0.25, 0.3) is 11.8 Å². The van der Waals surface area contributed by atoms with E-state index in [4.69, 9.17) is 0 Å². The highest BCUT2D eigenvalue weighted by molar-refractivity contribution is 7.87. The molecule has 2 aromatic carbocycles. The number of carbonyl (C=O) groups is 2. The van der Waals surface area contributed by atoms with Gasteiger partial charge in [0.1, 0.15) is 0 Å². The molecule has 1 aliphatic rings. The van der Waals surface area contributed by atoms with Crippen LogP contribution in [0.3, 0.4) is 0 Å². The monoisotopic (exact) mass is 341 g/mol. The van der Waals surface area contributed by atoms with Crippen molar-refractivity contribution in [1.82, 2.24) is 5.06 Å². The number of hydrogen-bond donors (Lipinski definition) is 0. The van der Waals surface area contributed by atoms with E-state index in [1.165, 1.54) is 24.3 Å². The number of rotatable bonds is 3. The maximum atomic E-state index is 13.1. The van der Waals surface area contributed by atoms with Crippen LogP contribution in [-0.2, 0) is 14.4 Å². The van der Waals surface area contributed by atoms with E-state index in [0.717, 1.165) is 0 Å². The van der Waals surface area contributed by atoms with Crippen LogP contribution in [0, 0.1) is 0 Å². The third-order valence-corrected chi connectivity index (χ3v) is 4.57. The lowest BCUT2D eigenvalue weighted by Crippen LogP contribution is -2.44. The zero-order valence-corrected chi connectivity index (χ0v) is 12.4. The Morgan fingerprint density at radius 3 is 1.91 bits per heavy atom. The quantitative estimate of drug-likeness (QED) is 0.800. The van der Waals surface area contributed by atoms with Crippen molar-refractivity contribution >= 4 is 32.7 Å². The van der Waals surface area contributed by atoms with E-state index in [-0.39, 0.29) is 23.1 Å². The number of imide groups is 1. The highest BCUT2D eigenvalue weighted by Crippen LogP contribution is 2.32. The van der Waals surface area contributed by atoms with Crippen LogP contribution >= 0.6 is 0 Å². The molecule has 0 N–H and O–H groups in total. The van der Waals surface area contributed by atoms with Crippen LogP contribution < -0.4 is 0 Å². The Hall–Kier alpha value is -2.39. The molecule has 0 atom stereocenters. The van der Waals surface area contributed by atoms with Crippen LogP contribution in [0.25, 0.3) is 10.8 Å². The molecule has 1 aliphatic heterocycles. The van der Waals surface area contributed by atoms with Crippen molar-refractivity contribution in [2.45, 2.75) is 12.2 Å². The van der Waals surface area contributed by atoms with Gasteiger partial charge in [-0.1, -0.05) is 24.3 Å². The fourth-order valence-electron chi connectivity index (χ4n) is 2.24. The van der Waals surface area contributed by atoms with E-state index in [1.807, 2.05) is 0 Å². The number of amides is 2. The normalized spacial score (nSPS) is 15.3. The van der Waals surface area contributed by atoms with Gasteiger partial charge in [0.15, 0.2) is 0 Å². The Bertz CT molecular complexity index is 899. The Morgan fingerprint density at radius 2 is 1.48 bits per heavy atom. The Morgan fingerprint density at radius 1 is 1.00 bits per heavy atom. The van der Waals surface area contributed by atoms with Gasteiger partial charge >= 0.3 is 15.4 Å². The molecular formula is C14H9F2NO5S. The molecule has 23 heavy (non-hydrogen) atoms. The number of carbonyl (C=O) groups excluding carboxylic acids is 2. The second-order valence-corrected chi connectivity index (χ2v) is 6.72. The first-order valence-electron chi connectivity index (χ1n) is 6.36. The first-order valence-corrected chi connectivity index (χ1v) is 7.77. The summed E-state index contributed by atoms with van der Waals surface area (Å²) in [5.74, 6) is -2.24. The highest BCUT2D eigenvalue weighted by Gasteiger charge is 2.46. The van der Waals surface area contributed by atoms with Crippen molar-refractivity contribution in [3.05, 3.63) is 47.5 Å². The number of nitrogens with zero attached hydrogens (tertiary/aromatic N) is 1. The number of benzene rings is 2. The molecule has 0 radical (unpaired) electrons. The van der Waals surface area contributed by atoms with Crippen LogP contribution in [-0.4, -0.2) is 30.5 Å². The van der Waals surface area contributed by atoms with Gasteiger partial charge in [-0.2, -0.15) is 17.2 Å². The summed E-state index contributed by atoms with van der Waals surface area (Å²) in [6.07, 6.45) is 0. The molecule has 9 heteroatoms. The minimum atomic E-state index is -5.48. The van der Waals surface area contributed by atoms with Crippen molar-refractivity contribution in [3.8, 4) is 0 Å². The maximum absolute atomic E-state index is 13.1. The number of hydroxylamine groups is 2. The predicted octanol–water partition coefficient (Wildman–Crippen LogP) is 2.31. The maximum Gasteiger partial charge on any atom is 0.369 e. The summed E-state index contributed by atoms with van der Waals surface area (Å²) in [6, 6.07) is 9.08. The molecule has 0 fully saturated rings. The summed E-state index contributed by atoms with van der Waals surface area (Å²) >= 11 is 0. The summed E-state index contributed by atoms with van der Waals surface area (Å²) in [5.41, 5.74) is -0.0142. The SMILES string of the molecule is CC(F)(F)S(=O)(=O)ON1C(=O)c2cccc3cccc(c23)C1=O. The standard InChI is InChI=1S/C14H9F2NO5S/c1-14(15,16)23(20,21)22-17-12(18)9-6-2-4-8-5-3-7-10(11(8)9)13(17)19/h2-7H,1H3. The third-order valence-electron chi connectivity index (χ3n) is 3.35. The number of halogens is 2. The molecule has 6 nitrogen and oxygen atoms in total. The topological polar surface area (TPSA) is 80.8 Å². The summed E-state index contributed by atoms with van der Waals surface area (Å²) in [7, 11) is -5.48. The van der Waals surface area contributed by atoms with E-state index >= 15 is 0 Å². The molecule has 120 valence electrons. The molecule has 1 heterocycles. The van der Waals surface area contributed by atoms with E-state index in [0.29, 0.717) is 10.8 Å². The molecule has 2 amide bonds. The smallest absolute Gasteiger partial charge is 0.266 e. The minimum Gasteiger partial charge on any atom is -0.266 e. The fraction of sp³-hybridized carbons (Fsp3) is 0.143. The molecule has 2 aromatic rings. The van der Waals surface area contributed by atoms with Crippen molar-refractivity contribution in [1.29, 1.82) is 0 Å². The van der Waals surface area contributed by atoms with Crippen LogP contribution in [0.4, 0.5) is 8.78 Å². The molecule has 0 spiro atoms. The van der Waals surface area contributed by atoms with Crippen LogP contribution in [0.1, 0.15) is 27.6 Å². The second-order valence-electron chi connectivity index (χ2n) is 4.95. The predicted molar refractivity (Wildman–Crippen MR) is 75.1 cm³/mol. The van der Waals surface area contributed by atoms with E-state index < -0.39 is 27.2 Å². The van der Waals surface area contributed by atoms with Crippen LogP contribution in [0.5, 0.6) is 0 Å². The zero-order chi connectivity index (χ0) is 17.0. The van der Waals surface area contributed by atoms with Crippen molar-refractivity contribution < 1.29 is 31.1 Å². The Kier molecular flexibility index (Phi) is 3.24. The van der Waals surface area contributed by atoms with Gasteiger partial charge in [0.2, 0.25) is 0 Å². The highest BCUT2D eigenvalue weighted by atomic mass is 32.2. The average molecular weight is 341 g/mol. The first-order chi connectivity index (χ1) is 10.6. The van der Waals surface area contributed by atoms with Gasteiger partial charge in [-0.05, 0) is 17.5 Å². The summed E-state index contributed by atoms with van der Waals surface area (Å²) in [5, 5.41) is -3.50. The first kappa shape index (κ1) is 15.5. The molecule has 0 aromatic heterocycles. The van der Waals surface area contributed by atoms with Gasteiger partial charge in [-0.3, -0.25) is 9.59 Å². The van der Waals surface area contributed by atoms with Gasteiger partial charge in [-0.25, -0.2) is 0 Å². The Balaban J connectivity index is 2.15. The third kappa shape index (κ3) is 2.28. The number of hydrogen-bond acceptors (Lipinski definition) is 5. The van der Waals surface area contributed by atoms with Crippen molar-refractivity contribution in [2.24, 2.45) is 0 Å². The van der Waals surface area contributed by atoms with Crippen LogP contribution in [0.15, 0.2) is 36.4 Å². The minimum absolute atomic E-state index is 0.00711. The largest absolute Gasteiger partial charge is 0.369 e. The summed E-state index contributed by atoms with van der Waals surface area (Å²) in [4.78, 5) is 24.6. The van der Waals surface area contributed by atoms with E-state index in [9.17, 15) is 26.8 Å². The molecule has 0 saturated heterocycles. The van der Waals surface area contributed by atoms with E-state index in [1.54, 1.807) is 12.1 Å². The zero-order valence-electron chi connectivity index (χ0n) is 11.6. The lowest BCUT2D eigenvalue weighted by atomic mass is 9.95. The van der Waals surface area contributed by atoms with Gasteiger partial charge in [0, 0.05) is 12.3 Å². The Labute approximate surface area is 129 Å². The average Bonchev–Trinajstić information content (AvgIpc) is 2.48. The second kappa shape index (κ2) is 4.80. The van der Waals surface area contributed by atoms with Gasteiger partial charge in [-0.15, -0.1) is 9.35 Å². The van der Waals surface area contributed by atoms with Crippen molar-refractivity contribution in [3.63, 3.8) is 0 Å². The van der Waals surface area contributed by atoms with E-state index in [2.05, 4.69) is 4.28 Å². The molecular weight excluding hydrogens is 332 g/mol. The van der Waals surface area contributed by atoms with Crippen molar-refractivity contribution in [2.75, 3.05) is 0 Å². The summed E-state index contributed by atoms with van der Waals surface area (Å²) < 4.78 is 53.2. The summed E-state index contributed by atoms with van der Waals surface area (Å²) in [6.45, 7) is 0.0932. The molecule has 0 bridgehead atoms. The molecule has 0 saturated carbocycles. The van der Waals surface area contributed by atoms with Gasteiger partial charge in [0.05, 0.1) is 11.1 Å². The molecule has 0 aliphatic carbocycles. The molecule has 3 rings (SSSR count). The van der Waals surface area contributed by atoms with Crippen LogP contribution in [0.2, 0.25) is 0 Å². The lowest BCUT2D eigenvalue weighted by molar-refractivity contribution is -0.0266. The number of alkyl halides is 2. The van der Waals surface area contributed by atoms with Gasteiger partial charge < -0.3 is 0 Å².